The van der Waals surface area contributed by atoms with E-state index in [0.717, 1.165) is 16.8 Å². The van der Waals surface area contributed by atoms with Crippen LogP contribution in [0.4, 0.5) is 5.69 Å². The Morgan fingerprint density at radius 1 is 1.33 bits per heavy atom. The average Bonchev–Trinajstić information content (AvgIpc) is 2.15. The van der Waals surface area contributed by atoms with E-state index < -0.39 is 12.0 Å². The van der Waals surface area contributed by atoms with Crippen molar-refractivity contribution in [2.45, 2.75) is 26.8 Å². The summed E-state index contributed by atoms with van der Waals surface area (Å²) in [5, 5.41) is 8.95. The smallest absolute Gasteiger partial charge is 0.326 e. The van der Waals surface area contributed by atoms with Gasteiger partial charge in [-0.2, -0.15) is 0 Å². The predicted octanol–water partition coefficient (Wildman–Crippen LogP) is 2.21. The SMILES string of the molecule is Cc1cccc(C)c1N(C)C(C)C(=O)O. The van der Waals surface area contributed by atoms with Crippen molar-refractivity contribution in [1.29, 1.82) is 0 Å². The molecule has 0 heterocycles. The summed E-state index contributed by atoms with van der Waals surface area (Å²) < 4.78 is 0. The maximum Gasteiger partial charge on any atom is 0.326 e. The van der Waals surface area contributed by atoms with E-state index in [4.69, 9.17) is 5.11 Å². The molecule has 0 radical (unpaired) electrons. The minimum Gasteiger partial charge on any atom is -0.480 e. The highest BCUT2D eigenvalue weighted by atomic mass is 16.4. The third kappa shape index (κ3) is 2.29. The van der Waals surface area contributed by atoms with Crippen molar-refractivity contribution in [2.24, 2.45) is 0 Å². The number of carboxylic acids is 1. The lowest BCUT2D eigenvalue weighted by Gasteiger charge is -2.27. The molecule has 3 heteroatoms. The van der Waals surface area contributed by atoms with Gasteiger partial charge in [-0.15, -0.1) is 0 Å². The number of benzene rings is 1. The Balaban J connectivity index is 3.10. The number of hydrogen-bond donors (Lipinski definition) is 1. The molecule has 1 atom stereocenters. The van der Waals surface area contributed by atoms with Crippen molar-refractivity contribution >= 4 is 11.7 Å². The molecule has 0 aromatic heterocycles. The molecule has 0 spiro atoms. The van der Waals surface area contributed by atoms with E-state index in [1.54, 1.807) is 11.8 Å². The molecule has 0 bridgehead atoms. The molecule has 15 heavy (non-hydrogen) atoms. The first-order valence-corrected chi connectivity index (χ1v) is 4.97. The van der Waals surface area contributed by atoms with Crippen molar-refractivity contribution < 1.29 is 9.90 Å². The normalized spacial score (nSPS) is 12.3. The minimum atomic E-state index is -0.805. The van der Waals surface area contributed by atoms with Crippen molar-refractivity contribution in [1.82, 2.24) is 0 Å². The number of carbonyl (C=O) groups is 1. The van der Waals surface area contributed by atoms with E-state index in [9.17, 15) is 4.79 Å². The fraction of sp³-hybridized carbons (Fsp3) is 0.417. The number of para-hydroxylation sites is 1. The third-order valence-corrected chi connectivity index (χ3v) is 2.73. The molecular formula is C12H17NO2. The standard InChI is InChI=1S/C12H17NO2/c1-8-6-5-7-9(2)11(8)13(4)10(3)12(14)15/h5-7,10H,1-4H3,(H,14,15). The van der Waals surface area contributed by atoms with Gasteiger partial charge in [-0.1, -0.05) is 18.2 Å². The van der Waals surface area contributed by atoms with Crippen LogP contribution in [0.5, 0.6) is 0 Å². The van der Waals surface area contributed by atoms with E-state index >= 15 is 0 Å². The zero-order valence-corrected chi connectivity index (χ0v) is 9.61. The number of aryl methyl sites for hydroxylation is 2. The molecule has 1 aromatic carbocycles. The van der Waals surface area contributed by atoms with Crippen LogP contribution in [0.1, 0.15) is 18.1 Å². The van der Waals surface area contributed by atoms with Gasteiger partial charge in [-0.3, -0.25) is 0 Å². The van der Waals surface area contributed by atoms with Crippen LogP contribution in [0.3, 0.4) is 0 Å². The fourth-order valence-corrected chi connectivity index (χ4v) is 1.72. The zero-order valence-electron chi connectivity index (χ0n) is 9.61. The van der Waals surface area contributed by atoms with E-state index in [2.05, 4.69) is 0 Å². The van der Waals surface area contributed by atoms with Crippen LogP contribution in [-0.4, -0.2) is 24.2 Å². The maximum atomic E-state index is 10.9. The molecule has 0 aliphatic rings. The second-order valence-corrected chi connectivity index (χ2v) is 3.87. The van der Waals surface area contributed by atoms with Gasteiger partial charge >= 0.3 is 5.97 Å². The Morgan fingerprint density at radius 2 is 1.80 bits per heavy atom. The van der Waals surface area contributed by atoms with E-state index in [1.807, 2.05) is 39.1 Å². The number of anilines is 1. The van der Waals surface area contributed by atoms with Crippen LogP contribution in [-0.2, 0) is 4.79 Å². The number of nitrogens with zero attached hydrogens (tertiary/aromatic N) is 1. The van der Waals surface area contributed by atoms with Gasteiger partial charge in [0.05, 0.1) is 0 Å². The third-order valence-electron chi connectivity index (χ3n) is 2.73. The Labute approximate surface area is 90.3 Å². The quantitative estimate of drug-likeness (QED) is 0.826. The van der Waals surface area contributed by atoms with Crippen LogP contribution in [0, 0.1) is 13.8 Å². The van der Waals surface area contributed by atoms with Gasteiger partial charge in [-0.25, -0.2) is 4.79 Å². The van der Waals surface area contributed by atoms with Gasteiger partial charge in [0.1, 0.15) is 6.04 Å². The summed E-state index contributed by atoms with van der Waals surface area (Å²) in [6.45, 7) is 5.68. The molecule has 3 nitrogen and oxygen atoms in total. The Hall–Kier alpha value is -1.51. The highest BCUT2D eigenvalue weighted by molar-refractivity contribution is 5.78. The van der Waals surface area contributed by atoms with E-state index in [-0.39, 0.29) is 0 Å². The van der Waals surface area contributed by atoms with Gasteiger partial charge in [0.2, 0.25) is 0 Å². The summed E-state index contributed by atoms with van der Waals surface area (Å²) in [6, 6.07) is 5.46. The first-order valence-electron chi connectivity index (χ1n) is 4.97. The minimum absolute atomic E-state index is 0.509. The Bertz CT molecular complexity index is 354. The summed E-state index contributed by atoms with van der Waals surface area (Å²) in [6.07, 6.45) is 0. The Kier molecular flexibility index (Phi) is 3.35. The molecule has 0 amide bonds. The molecular weight excluding hydrogens is 190 g/mol. The van der Waals surface area contributed by atoms with Crippen molar-refractivity contribution in [3.8, 4) is 0 Å². The molecule has 1 rings (SSSR count). The topological polar surface area (TPSA) is 40.5 Å². The second kappa shape index (κ2) is 4.34. The lowest BCUT2D eigenvalue weighted by molar-refractivity contribution is -0.138. The maximum absolute atomic E-state index is 10.9. The molecule has 82 valence electrons. The molecule has 0 saturated heterocycles. The number of rotatable bonds is 3. The van der Waals surface area contributed by atoms with Crippen molar-refractivity contribution in [2.75, 3.05) is 11.9 Å². The predicted molar refractivity (Wildman–Crippen MR) is 61.4 cm³/mol. The number of hydrogen-bond acceptors (Lipinski definition) is 2. The molecule has 1 aromatic rings. The number of likely N-dealkylation sites (N-methyl/N-ethyl adjacent to an activating group) is 1. The average molecular weight is 207 g/mol. The van der Waals surface area contributed by atoms with Crippen molar-refractivity contribution in [3.05, 3.63) is 29.3 Å². The van der Waals surface area contributed by atoms with Gasteiger partial charge in [0, 0.05) is 12.7 Å². The second-order valence-electron chi connectivity index (χ2n) is 3.87. The van der Waals surface area contributed by atoms with Gasteiger partial charge in [-0.05, 0) is 31.9 Å². The lowest BCUT2D eigenvalue weighted by Crippen LogP contribution is -2.36. The lowest BCUT2D eigenvalue weighted by atomic mass is 10.1. The highest BCUT2D eigenvalue weighted by Crippen LogP contribution is 2.24. The summed E-state index contributed by atoms with van der Waals surface area (Å²) in [5.41, 5.74) is 3.21. The van der Waals surface area contributed by atoms with Crippen LogP contribution in [0.25, 0.3) is 0 Å². The molecule has 1 unspecified atom stereocenters. The van der Waals surface area contributed by atoms with Gasteiger partial charge < -0.3 is 10.0 Å². The summed E-state index contributed by atoms with van der Waals surface area (Å²) in [4.78, 5) is 12.7. The first kappa shape index (κ1) is 11.6. The number of aliphatic carboxylic acids is 1. The van der Waals surface area contributed by atoms with Crippen LogP contribution < -0.4 is 4.90 Å². The van der Waals surface area contributed by atoms with E-state index in [1.165, 1.54) is 0 Å². The summed E-state index contributed by atoms with van der Waals surface area (Å²) in [5.74, 6) is -0.805. The summed E-state index contributed by atoms with van der Waals surface area (Å²) >= 11 is 0. The molecule has 0 fully saturated rings. The molecule has 0 aliphatic carbocycles. The largest absolute Gasteiger partial charge is 0.480 e. The molecule has 0 saturated carbocycles. The molecule has 1 N–H and O–H groups in total. The van der Waals surface area contributed by atoms with Crippen LogP contribution in [0.15, 0.2) is 18.2 Å². The zero-order chi connectivity index (χ0) is 11.6. The van der Waals surface area contributed by atoms with Crippen molar-refractivity contribution in [3.63, 3.8) is 0 Å². The highest BCUT2D eigenvalue weighted by Gasteiger charge is 2.19. The monoisotopic (exact) mass is 207 g/mol. The van der Waals surface area contributed by atoms with Crippen LogP contribution >= 0.6 is 0 Å². The summed E-state index contributed by atoms with van der Waals surface area (Å²) in [7, 11) is 1.81. The fourth-order valence-electron chi connectivity index (χ4n) is 1.72. The van der Waals surface area contributed by atoms with Crippen LogP contribution in [0.2, 0.25) is 0 Å². The Morgan fingerprint density at radius 3 is 2.20 bits per heavy atom. The van der Waals surface area contributed by atoms with Gasteiger partial charge in [0.15, 0.2) is 0 Å². The van der Waals surface area contributed by atoms with E-state index in [0.29, 0.717) is 0 Å². The molecule has 0 aliphatic heterocycles. The first-order chi connectivity index (χ1) is 6.95. The van der Waals surface area contributed by atoms with Gasteiger partial charge in [0.25, 0.3) is 0 Å². The number of carboxylic acid groups (broad SMARTS) is 1.